The Labute approximate surface area is 241 Å². The highest BCUT2D eigenvalue weighted by Crippen LogP contribution is 2.29. The van der Waals surface area contributed by atoms with Gasteiger partial charge in [0.25, 0.3) is 0 Å². The highest BCUT2D eigenvalue weighted by atomic mass is 16.5. The van der Waals surface area contributed by atoms with Gasteiger partial charge in [-0.2, -0.15) is 0 Å². The van der Waals surface area contributed by atoms with Crippen LogP contribution in [0, 0.1) is 17.8 Å². The van der Waals surface area contributed by atoms with Gasteiger partial charge in [0, 0.05) is 27.8 Å². The summed E-state index contributed by atoms with van der Waals surface area (Å²) in [6.07, 6.45) is 1.28. The molecule has 0 bridgehead atoms. The first-order valence-corrected chi connectivity index (χ1v) is 14.5. The van der Waals surface area contributed by atoms with Gasteiger partial charge < -0.3 is 30.3 Å². The molecule has 11 nitrogen and oxygen atoms in total. The van der Waals surface area contributed by atoms with Crippen molar-refractivity contribution in [2.75, 3.05) is 41.9 Å². The van der Waals surface area contributed by atoms with Crippen molar-refractivity contribution in [1.82, 2.24) is 20.0 Å². The lowest BCUT2D eigenvalue weighted by Crippen LogP contribution is -2.57. The van der Waals surface area contributed by atoms with Crippen LogP contribution in [-0.4, -0.2) is 117 Å². The normalized spacial score (nSPS) is 20.9. The molecule has 0 saturated carbocycles. The summed E-state index contributed by atoms with van der Waals surface area (Å²) in [4.78, 5) is 57.3. The van der Waals surface area contributed by atoms with Crippen molar-refractivity contribution >= 4 is 23.6 Å². The molecule has 0 radical (unpaired) electrons. The van der Waals surface area contributed by atoms with E-state index in [1.807, 2.05) is 46.7 Å². The average molecular weight is 570 g/mol. The Hall–Kier alpha value is -2.24. The minimum atomic E-state index is -0.751. The molecule has 0 aromatic carbocycles. The van der Waals surface area contributed by atoms with Gasteiger partial charge in [0.15, 0.2) is 0 Å². The summed E-state index contributed by atoms with van der Waals surface area (Å²) in [5.41, 5.74) is 5.55. The number of hydrogen-bond donors (Lipinski definition) is 2. The highest BCUT2D eigenvalue weighted by Gasteiger charge is 2.42. The lowest BCUT2D eigenvalue weighted by Gasteiger charge is -2.40. The van der Waals surface area contributed by atoms with Crippen molar-refractivity contribution in [3.8, 4) is 0 Å². The van der Waals surface area contributed by atoms with Gasteiger partial charge in [0.1, 0.15) is 6.04 Å². The Bertz CT molecular complexity index is 845. The van der Waals surface area contributed by atoms with Crippen LogP contribution in [0.1, 0.15) is 67.2 Å². The number of primary amides is 1. The molecule has 1 aliphatic rings. The van der Waals surface area contributed by atoms with E-state index < -0.39 is 36.1 Å². The summed E-state index contributed by atoms with van der Waals surface area (Å²) in [6, 6.07) is -1.78. The van der Waals surface area contributed by atoms with Crippen LogP contribution in [0.2, 0.25) is 0 Å². The molecule has 0 aromatic rings. The summed E-state index contributed by atoms with van der Waals surface area (Å²) in [6.45, 7) is 12.0. The first-order chi connectivity index (χ1) is 18.6. The van der Waals surface area contributed by atoms with Crippen molar-refractivity contribution in [2.24, 2.45) is 23.5 Å². The number of amides is 4. The molecule has 0 aromatic heterocycles. The molecule has 40 heavy (non-hydrogen) atoms. The van der Waals surface area contributed by atoms with E-state index in [0.717, 1.165) is 12.8 Å². The van der Waals surface area contributed by atoms with E-state index in [4.69, 9.17) is 15.2 Å². The Kier molecular flexibility index (Phi) is 14.6. The van der Waals surface area contributed by atoms with Crippen molar-refractivity contribution < 1.29 is 28.7 Å². The van der Waals surface area contributed by atoms with Crippen LogP contribution in [0.15, 0.2) is 0 Å². The van der Waals surface area contributed by atoms with Gasteiger partial charge in [0.05, 0.1) is 42.7 Å². The summed E-state index contributed by atoms with van der Waals surface area (Å²) >= 11 is 0. The smallest absolute Gasteiger partial charge is 0.244 e. The Morgan fingerprint density at radius 2 is 1.62 bits per heavy atom. The van der Waals surface area contributed by atoms with E-state index in [9.17, 15) is 19.2 Å². The predicted octanol–water partition coefficient (Wildman–Crippen LogP) is 1.48. The van der Waals surface area contributed by atoms with Crippen molar-refractivity contribution in [3.05, 3.63) is 0 Å². The minimum Gasteiger partial charge on any atom is -0.379 e. The van der Waals surface area contributed by atoms with Gasteiger partial charge in [-0.15, -0.1) is 0 Å². The second-order valence-corrected chi connectivity index (χ2v) is 11.9. The van der Waals surface area contributed by atoms with Crippen LogP contribution in [-0.2, 0) is 28.7 Å². The number of likely N-dealkylation sites (N-methyl/N-ethyl adjacent to an activating group) is 2. The van der Waals surface area contributed by atoms with Crippen molar-refractivity contribution in [2.45, 2.75) is 104 Å². The zero-order valence-corrected chi connectivity index (χ0v) is 26.6. The number of carbonyl (C=O) groups excluding carboxylic acids is 4. The molecular formula is C29H55N5O6. The zero-order chi connectivity index (χ0) is 30.9. The fourth-order valence-electron chi connectivity index (χ4n) is 6.12. The number of likely N-dealkylation sites (tertiary alicyclic amines) is 1. The quantitative estimate of drug-likeness (QED) is 0.288. The van der Waals surface area contributed by atoms with Gasteiger partial charge >= 0.3 is 0 Å². The average Bonchev–Trinajstić information content (AvgIpc) is 3.36. The molecule has 1 fully saturated rings. The number of ether oxygens (including phenoxy) is 2. The molecule has 232 valence electrons. The first-order valence-electron chi connectivity index (χ1n) is 14.5. The van der Waals surface area contributed by atoms with E-state index in [1.165, 1.54) is 7.11 Å². The van der Waals surface area contributed by atoms with E-state index in [1.54, 1.807) is 37.8 Å². The standard InChI is InChI=1S/C29H55N5O6/c1-12-18(4)25(33(9)29(38)20(6)31-28(37)24(17(2)3)32(7)8)22(39-10)16-23(35)34-15-13-14-21(34)26(40-11)19(5)27(30)36/h17-22,24-26H,12-16H2,1-11H3,(H2,30,36)(H,31,37)/t18-,19+,20-,21-,22+,24-,25-,26+/m0/s1. The first kappa shape index (κ1) is 35.8. The van der Waals surface area contributed by atoms with Crippen LogP contribution in [0.25, 0.3) is 0 Å². The molecule has 0 unspecified atom stereocenters. The predicted molar refractivity (Wildman–Crippen MR) is 155 cm³/mol. The Balaban J connectivity index is 3.13. The number of carbonyl (C=O) groups is 4. The maximum atomic E-state index is 13.6. The third kappa shape index (κ3) is 8.88. The number of nitrogens with zero attached hydrogens (tertiary/aromatic N) is 3. The van der Waals surface area contributed by atoms with Crippen molar-refractivity contribution in [1.29, 1.82) is 0 Å². The van der Waals surface area contributed by atoms with Crippen molar-refractivity contribution in [3.63, 3.8) is 0 Å². The van der Waals surface area contributed by atoms with Gasteiger partial charge in [-0.1, -0.05) is 41.0 Å². The van der Waals surface area contributed by atoms with E-state index >= 15 is 0 Å². The van der Waals surface area contributed by atoms with Gasteiger partial charge in [-0.25, -0.2) is 0 Å². The monoisotopic (exact) mass is 569 g/mol. The SMILES string of the molecule is CC[C@H](C)[C@@H]([C@@H](CC(=O)N1CCC[C@H]1[C@H](OC)[C@@H](C)C(N)=O)OC)N(C)C(=O)[C@H](C)NC(=O)[C@H](C(C)C)N(C)C. The maximum absolute atomic E-state index is 13.6. The second kappa shape index (κ2) is 16.3. The topological polar surface area (TPSA) is 135 Å². The van der Waals surface area contributed by atoms with Crippen LogP contribution in [0.5, 0.6) is 0 Å². The van der Waals surface area contributed by atoms with Crippen LogP contribution in [0.3, 0.4) is 0 Å². The minimum absolute atomic E-state index is 0.0239. The fourth-order valence-corrected chi connectivity index (χ4v) is 6.12. The van der Waals surface area contributed by atoms with Crippen LogP contribution in [0.4, 0.5) is 0 Å². The third-order valence-corrected chi connectivity index (χ3v) is 8.48. The molecule has 3 N–H and O–H groups in total. The van der Waals surface area contributed by atoms with E-state index in [-0.39, 0.29) is 48.1 Å². The largest absolute Gasteiger partial charge is 0.379 e. The summed E-state index contributed by atoms with van der Waals surface area (Å²) in [5, 5.41) is 2.88. The lowest BCUT2D eigenvalue weighted by atomic mass is 9.90. The van der Waals surface area contributed by atoms with Gasteiger partial charge in [-0.3, -0.25) is 24.1 Å². The molecule has 8 atom stereocenters. The Morgan fingerprint density at radius 1 is 1.02 bits per heavy atom. The molecule has 11 heteroatoms. The third-order valence-electron chi connectivity index (χ3n) is 8.48. The van der Waals surface area contributed by atoms with E-state index in [0.29, 0.717) is 13.0 Å². The summed E-state index contributed by atoms with van der Waals surface area (Å²) in [5.74, 6) is -1.48. The molecule has 1 heterocycles. The second-order valence-electron chi connectivity index (χ2n) is 11.9. The number of hydrogen-bond acceptors (Lipinski definition) is 7. The maximum Gasteiger partial charge on any atom is 0.244 e. The highest BCUT2D eigenvalue weighted by molar-refractivity contribution is 5.89. The molecule has 4 amide bonds. The summed E-state index contributed by atoms with van der Waals surface area (Å²) in [7, 11) is 8.48. The molecule has 0 spiro atoms. The van der Waals surface area contributed by atoms with Crippen LogP contribution >= 0.6 is 0 Å². The zero-order valence-electron chi connectivity index (χ0n) is 26.6. The summed E-state index contributed by atoms with van der Waals surface area (Å²) < 4.78 is 11.5. The molecule has 1 aliphatic heterocycles. The van der Waals surface area contributed by atoms with Crippen LogP contribution < -0.4 is 11.1 Å². The Morgan fingerprint density at radius 3 is 2.08 bits per heavy atom. The number of nitrogens with one attached hydrogen (secondary N) is 1. The molecule has 1 rings (SSSR count). The lowest BCUT2D eigenvalue weighted by molar-refractivity contribution is -0.146. The van der Waals surface area contributed by atoms with Gasteiger partial charge in [-0.05, 0) is 45.7 Å². The fraction of sp³-hybridized carbons (Fsp3) is 0.862. The van der Waals surface area contributed by atoms with Gasteiger partial charge in [0.2, 0.25) is 23.6 Å². The molecular weight excluding hydrogens is 514 g/mol. The molecule has 0 aliphatic carbocycles. The number of methoxy groups -OCH3 is 2. The van der Waals surface area contributed by atoms with E-state index in [2.05, 4.69) is 5.32 Å². The number of nitrogens with two attached hydrogens (primary N) is 1. The molecule has 1 saturated heterocycles. The number of rotatable bonds is 16.